The first-order valence-corrected chi connectivity index (χ1v) is 10.3. The Labute approximate surface area is 130 Å². The Morgan fingerprint density at radius 1 is 1.41 bits per heavy atom. The summed E-state index contributed by atoms with van der Waals surface area (Å²) in [6, 6.07) is 0. The Kier molecular flexibility index (Phi) is 3.65. The number of ether oxygens (including phenoxy) is 1. The summed E-state index contributed by atoms with van der Waals surface area (Å²) >= 11 is 0. The molecule has 1 aliphatic carbocycles. The van der Waals surface area contributed by atoms with Gasteiger partial charge in [0.25, 0.3) is 0 Å². The molecule has 6 nitrogen and oxygen atoms in total. The highest BCUT2D eigenvalue weighted by molar-refractivity contribution is 7.62. The van der Waals surface area contributed by atoms with Gasteiger partial charge in [-0.1, -0.05) is 6.92 Å². The quantitative estimate of drug-likeness (QED) is 0.792. The zero-order chi connectivity index (χ0) is 16.1. The number of imidazole rings is 1. The van der Waals surface area contributed by atoms with E-state index in [4.69, 9.17) is 4.74 Å². The standard InChI is InChI=1S/C15H23N4O2P/c1-10-6-15(10,21-9-22(4,5)20)7-19-8-16-13-11(2)17-12(3)18-14(13)19/h8,10H,6-7,9H2,1-5H3/t10?,15-/m1/s1. The van der Waals surface area contributed by atoms with Crippen LogP contribution in [0.3, 0.4) is 0 Å². The molecule has 0 amide bonds. The van der Waals surface area contributed by atoms with Crippen LogP contribution in [0, 0.1) is 19.8 Å². The second-order valence-corrected chi connectivity index (χ2v) is 10.3. The Morgan fingerprint density at radius 2 is 2.09 bits per heavy atom. The topological polar surface area (TPSA) is 69.9 Å². The van der Waals surface area contributed by atoms with Gasteiger partial charge in [-0.2, -0.15) is 0 Å². The van der Waals surface area contributed by atoms with Crippen LogP contribution in [0.5, 0.6) is 0 Å². The highest BCUT2D eigenvalue weighted by Gasteiger charge is 2.53. The molecule has 1 saturated carbocycles. The van der Waals surface area contributed by atoms with E-state index in [1.54, 1.807) is 19.7 Å². The summed E-state index contributed by atoms with van der Waals surface area (Å²) in [5.74, 6) is 1.21. The van der Waals surface area contributed by atoms with E-state index in [0.717, 1.165) is 29.1 Å². The van der Waals surface area contributed by atoms with Crippen molar-refractivity contribution < 1.29 is 9.30 Å². The van der Waals surface area contributed by atoms with Crippen molar-refractivity contribution >= 4 is 18.3 Å². The van der Waals surface area contributed by atoms with Gasteiger partial charge in [0.15, 0.2) is 5.65 Å². The second kappa shape index (κ2) is 5.14. The molecule has 0 N–H and O–H groups in total. The highest BCUT2D eigenvalue weighted by Crippen LogP contribution is 2.51. The Morgan fingerprint density at radius 3 is 2.68 bits per heavy atom. The number of nitrogens with zero attached hydrogens (tertiary/aromatic N) is 4. The SMILES string of the molecule is Cc1nc(C)c2ncn(C[C@]3(OCP(C)(C)=O)CC3C)c2n1. The van der Waals surface area contributed by atoms with Gasteiger partial charge in [-0.25, -0.2) is 15.0 Å². The fraction of sp³-hybridized carbons (Fsp3) is 0.667. The van der Waals surface area contributed by atoms with E-state index in [1.807, 2.05) is 18.4 Å². The van der Waals surface area contributed by atoms with Gasteiger partial charge in [-0.3, -0.25) is 0 Å². The van der Waals surface area contributed by atoms with Gasteiger partial charge in [0.2, 0.25) is 0 Å². The lowest BCUT2D eigenvalue weighted by atomic mass is 10.2. The molecule has 0 bridgehead atoms. The first kappa shape index (κ1) is 15.6. The molecule has 0 aliphatic heterocycles. The van der Waals surface area contributed by atoms with E-state index in [2.05, 4.69) is 21.9 Å². The number of fused-ring (bicyclic) bond motifs is 1. The normalized spacial score (nSPS) is 24.9. The highest BCUT2D eigenvalue weighted by atomic mass is 31.2. The molecule has 0 aromatic carbocycles. The van der Waals surface area contributed by atoms with Crippen LogP contribution in [0.4, 0.5) is 0 Å². The van der Waals surface area contributed by atoms with Gasteiger partial charge < -0.3 is 13.9 Å². The average Bonchev–Trinajstić information content (AvgIpc) is 2.83. The van der Waals surface area contributed by atoms with E-state index >= 15 is 0 Å². The Bertz CT molecular complexity index is 766. The minimum Gasteiger partial charge on any atom is -0.365 e. The molecular formula is C15H23N4O2P. The van der Waals surface area contributed by atoms with Crippen molar-refractivity contribution in [3.8, 4) is 0 Å². The summed E-state index contributed by atoms with van der Waals surface area (Å²) in [6.07, 6.45) is 3.12. The molecule has 120 valence electrons. The van der Waals surface area contributed by atoms with Crippen LogP contribution < -0.4 is 0 Å². The van der Waals surface area contributed by atoms with Crippen LogP contribution in [0.25, 0.3) is 11.2 Å². The number of rotatable bonds is 5. The third-order valence-electron chi connectivity index (χ3n) is 4.24. The van der Waals surface area contributed by atoms with Crippen LogP contribution in [0.15, 0.2) is 6.33 Å². The summed E-state index contributed by atoms with van der Waals surface area (Å²) < 4.78 is 20.0. The van der Waals surface area contributed by atoms with Crippen LogP contribution in [-0.4, -0.2) is 44.8 Å². The number of aryl methyl sites for hydroxylation is 2. The molecule has 1 fully saturated rings. The maximum absolute atomic E-state index is 11.9. The average molecular weight is 322 g/mol. The molecule has 0 saturated heterocycles. The molecule has 1 unspecified atom stereocenters. The van der Waals surface area contributed by atoms with Gasteiger partial charge in [-0.05, 0) is 39.5 Å². The lowest BCUT2D eigenvalue weighted by molar-refractivity contribution is 0.0387. The number of aromatic nitrogens is 4. The van der Waals surface area contributed by atoms with Gasteiger partial charge in [0.05, 0.1) is 24.2 Å². The van der Waals surface area contributed by atoms with Crippen LogP contribution in [0.1, 0.15) is 24.9 Å². The lowest BCUT2D eigenvalue weighted by Crippen LogP contribution is -2.24. The molecule has 0 radical (unpaired) electrons. The van der Waals surface area contributed by atoms with E-state index < -0.39 is 7.14 Å². The fourth-order valence-electron chi connectivity index (χ4n) is 2.84. The molecule has 0 spiro atoms. The molecule has 2 aromatic heterocycles. The van der Waals surface area contributed by atoms with Gasteiger partial charge in [0, 0.05) is 0 Å². The predicted molar refractivity (Wildman–Crippen MR) is 86.7 cm³/mol. The summed E-state index contributed by atoms with van der Waals surface area (Å²) in [7, 11) is -2.18. The smallest absolute Gasteiger partial charge is 0.163 e. The predicted octanol–water partition coefficient (Wildman–Crippen LogP) is 2.82. The van der Waals surface area contributed by atoms with Gasteiger partial charge >= 0.3 is 0 Å². The molecule has 2 atom stereocenters. The van der Waals surface area contributed by atoms with Crippen molar-refractivity contribution in [1.29, 1.82) is 0 Å². The Hall–Kier alpha value is -1.26. The third-order valence-corrected chi connectivity index (χ3v) is 4.99. The second-order valence-electron chi connectivity index (χ2n) is 6.92. The van der Waals surface area contributed by atoms with Crippen molar-refractivity contribution in [1.82, 2.24) is 19.5 Å². The number of hydrogen-bond donors (Lipinski definition) is 0. The van der Waals surface area contributed by atoms with Crippen molar-refractivity contribution in [3.05, 3.63) is 17.8 Å². The van der Waals surface area contributed by atoms with Crippen molar-refractivity contribution in [2.75, 3.05) is 19.7 Å². The summed E-state index contributed by atoms with van der Waals surface area (Å²) in [6.45, 7) is 10.2. The first-order valence-electron chi connectivity index (χ1n) is 7.54. The molecule has 1 aliphatic rings. The van der Waals surface area contributed by atoms with E-state index in [9.17, 15) is 4.57 Å². The lowest BCUT2D eigenvalue weighted by Gasteiger charge is -2.20. The van der Waals surface area contributed by atoms with Gasteiger partial charge in [0.1, 0.15) is 24.8 Å². The summed E-state index contributed by atoms with van der Waals surface area (Å²) in [5, 5.41) is 0. The van der Waals surface area contributed by atoms with Crippen LogP contribution in [0.2, 0.25) is 0 Å². The first-order chi connectivity index (χ1) is 10.2. The maximum Gasteiger partial charge on any atom is 0.163 e. The summed E-state index contributed by atoms with van der Waals surface area (Å²) in [4.78, 5) is 13.3. The van der Waals surface area contributed by atoms with E-state index in [-0.39, 0.29) is 5.60 Å². The Balaban J connectivity index is 1.87. The van der Waals surface area contributed by atoms with Crippen molar-refractivity contribution in [2.24, 2.45) is 5.92 Å². The third kappa shape index (κ3) is 2.95. The minimum atomic E-state index is -2.18. The zero-order valence-electron chi connectivity index (χ0n) is 13.8. The molecule has 2 aromatic rings. The van der Waals surface area contributed by atoms with E-state index in [0.29, 0.717) is 18.8 Å². The largest absolute Gasteiger partial charge is 0.365 e. The fourth-order valence-corrected chi connectivity index (χ4v) is 3.40. The zero-order valence-corrected chi connectivity index (χ0v) is 14.7. The monoisotopic (exact) mass is 322 g/mol. The minimum absolute atomic E-state index is 0.234. The van der Waals surface area contributed by atoms with Crippen molar-refractivity contribution in [2.45, 2.75) is 39.3 Å². The molecule has 22 heavy (non-hydrogen) atoms. The van der Waals surface area contributed by atoms with Crippen molar-refractivity contribution in [3.63, 3.8) is 0 Å². The maximum atomic E-state index is 11.9. The number of hydrogen-bond acceptors (Lipinski definition) is 5. The van der Waals surface area contributed by atoms with Gasteiger partial charge in [-0.15, -0.1) is 0 Å². The molecule has 2 heterocycles. The molecule has 3 rings (SSSR count). The van der Waals surface area contributed by atoms with Crippen LogP contribution >= 0.6 is 7.14 Å². The molecule has 7 heteroatoms. The van der Waals surface area contributed by atoms with E-state index in [1.165, 1.54) is 0 Å². The van der Waals surface area contributed by atoms with Crippen LogP contribution in [-0.2, 0) is 15.8 Å². The summed E-state index contributed by atoms with van der Waals surface area (Å²) in [5.41, 5.74) is 2.35. The molecular weight excluding hydrogens is 299 g/mol.